The Bertz CT molecular complexity index is 1050. The van der Waals surface area contributed by atoms with Crippen LogP contribution in [0.5, 0.6) is 5.75 Å². The highest BCUT2D eigenvalue weighted by molar-refractivity contribution is 9.10. The van der Waals surface area contributed by atoms with Crippen molar-refractivity contribution in [2.24, 2.45) is 0 Å². The number of nitriles is 1. The van der Waals surface area contributed by atoms with Gasteiger partial charge in [-0.15, -0.1) is 0 Å². The highest BCUT2D eigenvalue weighted by Crippen LogP contribution is 2.36. The standard InChI is InChI=1S/C22H13BrCl2FNO/c23-20-9-15(8-17(12-27)16-2-1-3-19(26)11-16)10-21(25)22(20)28-13-14-4-6-18(24)7-5-14/h1-11H,13H2/b17-8-. The predicted molar refractivity (Wildman–Crippen MR) is 115 cm³/mol. The lowest BCUT2D eigenvalue weighted by molar-refractivity contribution is 0.304. The summed E-state index contributed by atoms with van der Waals surface area (Å²) in [7, 11) is 0. The Morgan fingerprint density at radius 3 is 2.50 bits per heavy atom. The summed E-state index contributed by atoms with van der Waals surface area (Å²) in [6, 6.07) is 18.8. The molecule has 0 heterocycles. The first kappa shape index (κ1) is 20.4. The molecule has 0 fully saturated rings. The van der Waals surface area contributed by atoms with E-state index < -0.39 is 5.82 Å². The quantitative estimate of drug-likeness (QED) is 0.281. The molecular formula is C22H13BrCl2FNO. The van der Waals surface area contributed by atoms with Crippen molar-refractivity contribution in [1.82, 2.24) is 0 Å². The lowest BCUT2D eigenvalue weighted by Crippen LogP contribution is -1.97. The van der Waals surface area contributed by atoms with E-state index in [2.05, 4.69) is 22.0 Å². The molecule has 0 radical (unpaired) electrons. The molecule has 6 heteroatoms. The average molecular weight is 477 g/mol. The van der Waals surface area contributed by atoms with E-state index in [1.807, 2.05) is 12.1 Å². The topological polar surface area (TPSA) is 33.0 Å². The van der Waals surface area contributed by atoms with Gasteiger partial charge in [0.2, 0.25) is 0 Å². The normalized spacial score (nSPS) is 11.2. The Morgan fingerprint density at radius 1 is 1.11 bits per heavy atom. The van der Waals surface area contributed by atoms with Crippen molar-refractivity contribution < 1.29 is 9.13 Å². The van der Waals surface area contributed by atoms with Crippen LogP contribution in [0.2, 0.25) is 10.0 Å². The summed E-state index contributed by atoms with van der Waals surface area (Å²) in [4.78, 5) is 0. The zero-order chi connectivity index (χ0) is 20.1. The van der Waals surface area contributed by atoms with Crippen molar-refractivity contribution in [3.63, 3.8) is 0 Å². The highest BCUT2D eigenvalue weighted by Gasteiger charge is 2.11. The minimum Gasteiger partial charge on any atom is -0.486 e. The molecule has 0 N–H and O–H groups in total. The van der Waals surface area contributed by atoms with Crippen molar-refractivity contribution in [2.75, 3.05) is 0 Å². The van der Waals surface area contributed by atoms with E-state index in [1.165, 1.54) is 12.1 Å². The third-order valence-electron chi connectivity index (χ3n) is 3.88. The van der Waals surface area contributed by atoms with E-state index in [0.717, 1.165) is 5.56 Å². The zero-order valence-electron chi connectivity index (χ0n) is 14.4. The molecule has 0 bridgehead atoms. The molecule has 0 unspecified atom stereocenters. The Balaban J connectivity index is 1.84. The van der Waals surface area contributed by atoms with Gasteiger partial charge in [-0.05, 0) is 75.1 Å². The lowest BCUT2D eigenvalue weighted by Gasteiger charge is -2.11. The molecule has 0 aromatic heterocycles. The molecule has 3 aromatic carbocycles. The Kier molecular flexibility index (Phi) is 6.74. The molecule has 0 aliphatic heterocycles. The van der Waals surface area contributed by atoms with Gasteiger partial charge in [0.05, 0.1) is 21.1 Å². The van der Waals surface area contributed by atoms with E-state index in [-0.39, 0.29) is 0 Å². The molecule has 0 aliphatic rings. The van der Waals surface area contributed by atoms with Crippen molar-refractivity contribution in [1.29, 1.82) is 5.26 Å². The molecule has 0 aliphatic carbocycles. The lowest BCUT2D eigenvalue weighted by atomic mass is 10.0. The largest absolute Gasteiger partial charge is 0.486 e. The number of halogens is 4. The van der Waals surface area contributed by atoms with E-state index in [0.29, 0.717) is 43.6 Å². The summed E-state index contributed by atoms with van der Waals surface area (Å²) in [6.45, 7) is 0.331. The van der Waals surface area contributed by atoms with Crippen LogP contribution in [-0.2, 0) is 6.61 Å². The van der Waals surface area contributed by atoms with Gasteiger partial charge in [0, 0.05) is 5.02 Å². The number of hydrogen-bond donors (Lipinski definition) is 0. The van der Waals surface area contributed by atoms with Gasteiger partial charge in [-0.2, -0.15) is 5.26 Å². The van der Waals surface area contributed by atoms with E-state index in [9.17, 15) is 9.65 Å². The smallest absolute Gasteiger partial charge is 0.152 e. The minimum atomic E-state index is -0.399. The third-order valence-corrected chi connectivity index (χ3v) is 5.01. The SMILES string of the molecule is N#C/C(=C/c1cc(Cl)c(OCc2ccc(Cl)cc2)c(Br)c1)c1cccc(F)c1. The van der Waals surface area contributed by atoms with Gasteiger partial charge in [-0.25, -0.2) is 4.39 Å². The van der Waals surface area contributed by atoms with E-state index in [1.54, 1.807) is 42.5 Å². The second-order valence-corrected chi connectivity index (χ2v) is 7.61. The summed E-state index contributed by atoms with van der Waals surface area (Å²) in [5.41, 5.74) is 2.47. The molecule has 28 heavy (non-hydrogen) atoms. The number of rotatable bonds is 5. The number of hydrogen-bond acceptors (Lipinski definition) is 2. The van der Waals surface area contributed by atoms with Gasteiger partial charge in [0.15, 0.2) is 5.75 Å². The van der Waals surface area contributed by atoms with Crippen molar-refractivity contribution in [3.8, 4) is 11.8 Å². The van der Waals surface area contributed by atoms with Crippen LogP contribution in [0.4, 0.5) is 4.39 Å². The molecule has 3 rings (SSSR count). The second kappa shape index (κ2) is 9.25. The van der Waals surface area contributed by atoms with Gasteiger partial charge >= 0.3 is 0 Å². The minimum absolute atomic E-state index is 0.331. The molecule has 0 saturated carbocycles. The van der Waals surface area contributed by atoms with Crippen LogP contribution in [0.15, 0.2) is 65.1 Å². The van der Waals surface area contributed by atoms with E-state index in [4.69, 9.17) is 27.9 Å². The van der Waals surface area contributed by atoms with Gasteiger partial charge in [-0.1, -0.05) is 47.5 Å². The van der Waals surface area contributed by atoms with Crippen molar-refractivity contribution in [2.45, 2.75) is 6.61 Å². The molecule has 0 spiro atoms. The third kappa shape index (κ3) is 5.14. The number of allylic oxidation sites excluding steroid dienone is 1. The van der Waals surface area contributed by atoms with Gasteiger partial charge in [-0.3, -0.25) is 0 Å². The van der Waals surface area contributed by atoms with Crippen LogP contribution in [0, 0.1) is 17.1 Å². The zero-order valence-corrected chi connectivity index (χ0v) is 17.5. The fourth-order valence-corrected chi connectivity index (χ4v) is 3.65. The number of nitrogens with zero attached hydrogens (tertiary/aromatic N) is 1. The Hall–Kier alpha value is -2.32. The summed E-state index contributed by atoms with van der Waals surface area (Å²) >= 11 is 15.7. The maximum absolute atomic E-state index is 13.4. The molecule has 0 atom stereocenters. The first-order valence-corrected chi connectivity index (χ1v) is 9.75. The number of ether oxygens (including phenoxy) is 1. The van der Waals surface area contributed by atoms with Crippen LogP contribution < -0.4 is 4.74 Å². The van der Waals surface area contributed by atoms with Gasteiger partial charge in [0.25, 0.3) is 0 Å². The fourth-order valence-electron chi connectivity index (χ4n) is 2.54. The van der Waals surface area contributed by atoms with Crippen LogP contribution >= 0.6 is 39.1 Å². The molecular weight excluding hydrogens is 464 g/mol. The highest BCUT2D eigenvalue weighted by atomic mass is 79.9. The van der Waals surface area contributed by atoms with Gasteiger partial charge in [0.1, 0.15) is 12.4 Å². The summed E-state index contributed by atoms with van der Waals surface area (Å²) in [5, 5.41) is 10.5. The summed E-state index contributed by atoms with van der Waals surface area (Å²) in [6.07, 6.45) is 1.65. The summed E-state index contributed by atoms with van der Waals surface area (Å²) < 4.78 is 19.9. The van der Waals surface area contributed by atoms with Crippen molar-refractivity contribution in [3.05, 3.63) is 97.7 Å². The first-order chi connectivity index (χ1) is 13.5. The van der Waals surface area contributed by atoms with E-state index >= 15 is 0 Å². The maximum atomic E-state index is 13.4. The van der Waals surface area contributed by atoms with Crippen molar-refractivity contribution >= 4 is 50.8 Å². The monoisotopic (exact) mass is 475 g/mol. The van der Waals surface area contributed by atoms with Crippen LogP contribution in [0.1, 0.15) is 16.7 Å². The average Bonchev–Trinajstić information content (AvgIpc) is 2.67. The fraction of sp³-hybridized carbons (Fsp3) is 0.0455. The Labute approximate surface area is 180 Å². The first-order valence-electron chi connectivity index (χ1n) is 8.20. The van der Waals surface area contributed by atoms with Crippen LogP contribution in [0.3, 0.4) is 0 Å². The second-order valence-electron chi connectivity index (χ2n) is 5.91. The molecule has 0 saturated heterocycles. The number of benzene rings is 3. The maximum Gasteiger partial charge on any atom is 0.152 e. The molecule has 140 valence electrons. The molecule has 3 aromatic rings. The molecule has 2 nitrogen and oxygen atoms in total. The van der Waals surface area contributed by atoms with Crippen LogP contribution in [0.25, 0.3) is 11.6 Å². The Morgan fingerprint density at radius 2 is 1.86 bits per heavy atom. The van der Waals surface area contributed by atoms with Gasteiger partial charge < -0.3 is 4.74 Å². The predicted octanol–water partition coefficient (Wildman–Crippen LogP) is 7.54. The molecule has 0 amide bonds. The summed E-state index contributed by atoms with van der Waals surface area (Å²) in [5.74, 6) is 0.0989. The van der Waals surface area contributed by atoms with Crippen LogP contribution in [-0.4, -0.2) is 0 Å².